The summed E-state index contributed by atoms with van der Waals surface area (Å²) in [7, 11) is -7.54. The van der Waals surface area contributed by atoms with Gasteiger partial charge in [0.25, 0.3) is 0 Å². The third kappa shape index (κ3) is 9.13. The summed E-state index contributed by atoms with van der Waals surface area (Å²) in [5, 5.41) is 0. The molecule has 0 radical (unpaired) electrons. The lowest BCUT2D eigenvalue weighted by molar-refractivity contribution is 0.215. The van der Waals surface area contributed by atoms with E-state index in [0.29, 0.717) is 37.4 Å². The fraction of sp³-hybridized carbons (Fsp3) is 0.517. The van der Waals surface area contributed by atoms with E-state index in [1.165, 1.54) is 8.61 Å². The van der Waals surface area contributed by atoms with Gasteiger partial charge < -0.3 is 4.90 Å². The van der Waals surface area contributed by atoms with Crippen molar-refractivity contribution in [2.45, 2.75) is 56.7 Å². The summed E-state index contributed by atoms with van der Waals surface area (Å²) in [6, 6.07) is 13.7. The molecule has 0 saturated carbocycles. The summed E-state index contributed by atoms with van der Waals surface area (Å²) in [6.07, 6.45) is 2.44. The van der Waals surface area contributed by atoms with Crippen LogP contribution in [0, 0.1) is 19.8 Å². The van der Waals surface area contributed by atoms with Gasteiger partial charge >= 0.3 is 0 Å². The summed E-state index contributed by atoms with van der Waals surface area (Å²) in [4.78, 5) is 2.82. The minimum absolute atomic E-state index is 0. The molecule has 1 saturated heterocycles. The van der Waals surface area contributed by atoms with Crippen molar-refractivity contribution >= 4 is 32.5 Å². The highest BCUT2D eigenvalue weighted by Crippen LogP contribution is 2.22. The molecule has 218 valence electrons. The lowest BCUT2D eigenvalue weighted by Gasteiger charge is -2.31. The van der Waals surface area contributed by atoms with Gasteiger partial charge in [0.15, 0.2) is 0 Å². The van der Waals surface area contributed by atoms with Gasteiger partial charge in [0.05, 0.1) is 9.79 Å². The summed E-state index contributed by atoms with van der Waals surface area (Å²) >= 11 is 0. The Balaban J connectivity index is 0.00000533. The molecule has 2 aromatic rings. The number of benzene rings is 2. The molecule has 1 heterocycles. The fourth-order valence-corrected chi connectivity index (χ4v) is 7.64. The summed E-state index contributed by atoms with van der Waals surface area (Å²) < 4.78 is 57.5. The zero-order valence-electron chi connectivity index (χ0n) is 23.7. The van der Waals surface area contributed by atoms with Gasteiger partial charge in [-0.3, -0.25) is 0 Å². The maximum atomic E-state index is 13.6. The Morgan fingerprint density at radius 1 is 0.744 bits per heavy atom. The molecule has 39 heavy (non-hydrogen) atoms. The van der Waals surface area contributed by atoms with Crippen molar-refractivity contribution in [2.75, 3.05) is 45.8 Å². The molecule has 1 unspecified atom stereocenters. The highest BCUT2D eigenvalue weighted by molar-refractivity contribution is 7.89. The third-order valence-corrected chi connectivity index (χ3v) is 10.9. The van der Waals surface area contributed by atoms with Crippen LogP contribution in [0.4, 0.5) is 0 Å². The Morgan fingerprint density at radius 3 is 1.49 bits per heavy atom. The fourth-order valence-electron chi connectivity index (χ4n) is 4.64. The van der Waals surface area contributed by atoms with Crippen LogP contribution in [0.5, 0.6) is 0 Å². The van der Waals surface area contributed by atoms with Crippen molar-refractivity contribution in [1.82, 2.24) is 13.5 Å². The molecule has 2 aromatic carbocycles. The van der Waals surface area contributed by atoms with E-state index in [-0.39, 0.29) is 35.3 Å². The largest absolute Gasteiger partial charge is 0.303 e. The average molecular weight is 598 g/mol. The van der Waals surface area contributed by atoms with Gasteiger partial charge in [-0.25, -0.2) is 16.8 Å². The first-order valence-corrected chi connectivity index (χ1v) is 16.3. The molecule has 7 nitrogen and oxygen atoms in total. The number of hydrogen-bond donors (Lipinski definition) is 0. The predicted octanol–water partition coefficient (Wildman–Crippen LogP) is 5.10. The highest BCUT2D eigenvalue weighted by Gasteiger charge is 2.29. The van der Waals surface area contributed by atoms with E-state index in [0.717, 1.165) is 37.2 Å². The number of sulfonamides is 2. The predicted molar refractivity (Wildman–Crippen MR) is 161 cm³/mol. The molecule has 10 heteroatoms. The lowest BCUT2D eigenvalue weighted by Crippen LogP contribution is -2.42. The van der Waals surface area contributed by atoms with Crippen LogP contribution in [0.3, 0.4) is 0 Å². The number of halogens is 1. The van der Waals surface area contributed by atoms with E-state index in [9.17, 15) is 16.8 Å². The topological polar surface area (TPSA) is 78.0 Å². The van der Waals surface area contributed by atoms with Gasteiger partial charge in [0, 0.05) is 32.7 Å². The quantitative estimate of drug-likeness (QED) is 0.415. The van der Waals surface area contributed by atoms with Crippen molar-refractivity contribution in [3.05, 3.63) is 71.8 Å². The summed E-state index contributed by atoms with van der Waals surface area (Å²) in [5.74, 6) is 0.502. The SMILES string of the molecule is C=C1CN(S(=O)(=O)c2ccc(C)cc2)CCCN(CC(C)CC)CCCN(S(=O)(=O)c2ccc(C)cc2)C1.Cl. The number of rotatable bonds is 7. The van der Waals surface area contributed by atoms with E-state index in [1.807, 2.05) is 13.8 Å². The zero-order chi connectivity index (χ0) is 27.9. The van der Waals surface area contributed by atoms with Crippen molar-refractivity contribution in [2.24, 2.45) is 5.92 Å². The van der Waals surface area contributed by atoms with Crippen LogP contribution in [0.1, 0.15) is 44.2 Å². The molecule has 0 N–H and O–H groups in total. The van der Waals surface area contributed by atoms with Crippen LogP contribution in [0.2, 0.25) is 0 Å². The Morgan fingerprint density at radius 2 is 1.13 bits per heavy atom. The first-order valence-electron chi connectivity index (χ1n) is 13.5. The molecular weight excluding hydrogens is 554 g/mol. The van der Waals surface area contributed by atoms with Gasteiger partial charge in [0.2, 0.25) is 20.0 Å². The molecule has 0 aliphatic carbocycles. The molecular formula is C29H44ClN3O4S2. The molecule has 0 amide bonds. The van der Waals surface area contributed by atoms with Crippen LogP contribution in [-0.4, -0.2) is 76.2 Å². The van der Waals surface area contributed by atoms with Crippen LogP contribution < -0.4 is 0 Å². The lowest BCUT2D eigenvalue weighted by atomic mass is 10.1. The molecule has 0 spiro atoms. The van der Waals surface area contributed by atoms with Crippen molar-refractivity contribution < 1.29 is 16.8 Å². The maximum absolute atomic E-state index is 13.6. The highest BCUT2D eigenvalue weighted by atomic mass is 35.5. The first-order chi connectivity index (χ1) is 17.9. The minimum atomic E-state index is -3.77. The van der Waals surface area contributed by atoms with Crippen molar-refractivity contribution in [1.29, 1.82) is 0 Å². The molecule has 1 fully saturated rings. The Kier molecular flexibility index (Phi) is 12.7. The average Bonchev–Trinajstić information content (AvgIpc) is 2.86. The number of aryl methyl sites for hydroxylation is 2. The van der Waals surface area contributed by atoms with E-state index in [2.05, 4.69) is 25.3 Å². The molecule has 0 aromatic heterocycles. The van der Waals surface area contributed by atoms with Crippen molar-refractivity contribution in [3.8, 4) is 0 Å². The Hall–Kier alpha value is -1.75. The normalized spacial score (nSPS) is 18.5. The van der Waals surface area contributed by atoms with E-state index in [4.69, 9.17) is 0 Å². The van der Waals surface area contributed by atoms with E-state index >= 15 is 0 Å². The van der Waals surface area contributed by atoms with Crippen LogP contribution in [-0.2, 0) is 20.0 Å². The smallest absolute Gasteiger partial charge is 0.243 e. The van der Waals surface area contributed by atoms with E-state index < -0.39 is 20.0 Å². The molecule has 1 atom stereocenters. The van der Waals surface area contributed by atoms with Gasteiger partial charge in [-0.1, -0.05) is 62.2 Å². The molecule has 0 bridgehead atoms. The number of hydrogen-bond acceptors (Lipinski definition) is 5. The van der Waals surface area contributed by atoms with Gasteiger partial charge in [-0.05, 0) is 75.5 Å². The summed E-state index contributed by atoms with van der Waals surface area (Å²) in [6.45, 7) is 15.6. The van der Waals surface area contributed by atoms with Gasteiger partial charge in [-0.15, -0.1) is 12.4 Å². The second kappa shape index (κ2) is 14.8. The molecule has 3 rings (SSSR count). The zero-order valence-corrected chi connectivity index (χ0v) is 26.1. The van der Waals surface area contributed by atoms with Crippen LogP contribution >= 0.6 is 12.4 Å². The van der Waals surface area contributed by atoms with E-state index in [1.54, 1.807) is 48.5 Å². The monoisotopic (exact) mass is 597 g/mol. The second-order valence-corrected chi connectivity index (χ2v) is 14.5. The van der Waals surface area contributed by atoms with Crippen molar-refractivity contribution in [3.63, 3.8) is 0 Å². The van der Waals surface area contributed by atoms with Gasteiger partial charge in [0.1, 0.15) is 0 Å². The molecule has 1 aliphatic rings. The van der Waals surface area contributed by atoms with Crippen LogP contribution in [0.25, 0.3) is 0 Å². The first kappa shape index (κ1) is 33.5. The number of nitrogens with zero attached hydrogens (tertiary/aromatic N) is 3. The standard InChI is InChI=1S/C29H43N3O4S2.ClH/c1-6-24(2)21-30-17-7-19-31(37(33,34)28-13-9-25(3)10-14-28)22-27(5)23-32(20-8-18-30)38(35,36)29-15-11-26(4)12-16-29;/h9-16,24H,5-8,17-23H2,1-4H3;1H. The second-order valence-electron chi connectivity index (χ2n) is 10.6. The Labute approximate surface area is 242 Å². The minimum Gasteiger partial charge on any atom is -0.303 e. The summed E-state index contributed by atoms with van der Waals surface area (Å²) in [5.41, 5.74) is 2.52. The Bertz CT molecular complexity index is 1190. The third-order valence-electron chi connectivity index (χ3n) is 7.15. The maximum Gasteiger partial charge on any atom is 0.243 e. The van der Waals surface area contributed by atoms with Gasteiger partial charge in [-0.2, -0.15) is 8.61 Å². The molecule has 1 aliphatic heterocycles. The van der Waals surface area contributed by atoms with Crippen LogP contribution in [0.15, 0.2) is 70.5 Å².